The van der Waals surface area contributed by atoms with Crippen molar-refractivity contribution in [3.05, 3.63) is 62.7 Å². The van der Waals surface area contributed by atoms with Gasteiger partial charge < -0.3 is 14.2 Å². The van der Waals surface area contributed by atoms with E-state index in [1.54, 1.807) is 6.92 Å². The maximum atomic E-state index is 12.7. The monoisotopic (exact) mass is 461 g/mol. The van der Waals surface area contributed by atoms with Gasteiger partial charge in [-0.15, -0.1) is 0 Å². The van der Waals surface area contributed by atoms with Crippen LogP contribution in [0.1, 0.15) is 22.8 Å². The number of esters is 1. The number of nitrogens with zero attached hydrogens (tertiary/aromatic N) is 1. The fourth-order valence-electron chi connectivity index (χ4n) is 2.36. The van der Waals surface area contributed by atoms with Gasteiger partial charge in [0, 0.05) is 6.07 Å². The fourth-order valence-corrected chi connectivity index (χ4v) is 2.57. The number of nitro benzene ring substituents is 1. The van der Waals surface area contributed by atoms with Gasteiger partial charge in [0.2, 0.25) is 0 Å². The molecule has 0 heterocycles. The van der Waals surface area contributed by atoms with Crippen molar-refractivity contribution in [1.29, 1.82) is 0 Å². The number of rotatable bonds is 9. The predicted molar refractivity (Wildman–Crippen MR) is 101 cm³/mol. The van der Waals surface area contributed by atoms with Crippen LogP contribution in [0.4, 0.5) is 18.9 Å². The SMILES string of the molecule is CCOC(=O)COCC(=O)c1cc(Oc2ccc(C(F)(F)F)cc2Cl)ccc1[N+](=O)[O-]. The Kier molecular flexibility index (Phi) is 7.95. The first kappa shape index (κ1) is 24.1. The first-order chi connectivity index (χ1) is 14.5. The third-order valence-electron chi connectivity index (χ3n) is 3.71. The lowest BCUT2D eigenvalue weighted by Crippen LogP contribution is -2.17. The standard InChI is InChI=1S/C19H15ClF3NO7/c1-2-30-18(26)10-29-9-16(25)13-8-12(4-5-15(13)24(27)28)31-17-6-3-11(7-14(17)20)19(21,22)23/h3-8H,2,9-10H2,1H3. The fraction of sp³-hybridized carbons (Fsp3) is 0.263. The average Bonchev–Trinajstić information content (AvgIpc) is 2.68. The van der Waals surface area contributed by atoms with Crippen LogP contribution in [0, 0.1) is 10.1 Å². The van der Waals surface area contributed by atoms with Gasteiger partial charge in [0.25, 0.3) is 5.69 Å². The van der Waals surface area contributed by atoms with Gasteiger partial charge in [-0.25, -0.2) is 4.79 Å². The number of Topliss-reactive ketones (excluding diaryl/α,β-unsaturated/α-hetero) is 1. The molecule has 0 aliphatic heterocycles. The minimum atomic E-state index is -4.60. The van der Waals surface area contributed by atoms with Gasteiger partial charge in [-0.1, -0.05) is 11.6 Å². The number of alkyl halides is 3. The van der Waals surface area contributed by atoms with E-state index in [2.05, 4.69) is 4.74 Å². The summed E-state index contributed by atoms with van der Waals surface area (Å²) >= 11 is 5.83. The van der Waals surface area contributed by atoms with Crippen LogP contribution in [0.15, 0.2) is 36.4 Å². The number of halogens is 4. The molecule has 31 heavy (non-hydrogen) atoms. The molecule has 0 N–H and O–H groups in total. The number of ether oxygens (including phenoxy) is 3. The van der Waals surface area contributed by atoms with Crippen LogP contribution in [0.25, 0.3) is 0 Å². The Bertz CT molecular complexity index is 995. The summed E-state index contributed by atoms with van der Waals surface area (Å²) in [6.07, 6.45) is -4.60. The Labute approximate surface area is 178 Å². The Balaban J connectivity index is 2.22. The van der Waals surface area contributed by atoms with Gasteiger partial charge in [-0.3, -0.25) is 14.9 Å². The van der Waals surface area contributed by atoms with E-state index >= 15 is 0 Å². The van der Waals surface area contributed by atoms with Crippen LogP contribution in [0.3, 0.4) is 0 Å². The van der Waals surface area contributed by atoms with E-state index in [0.717, 1.165) is 30.3 Å². The molecular formula is C19H15ClF3NO7. The molecule has 0 amide bonds. The molecule has 0 aliphatic carbocycles. The number of carbonyl (C=O) groups excluding carboxylic acids is 2. The number of hydrogen-bond donors (Lipinski definition) is 0. The van der Waals surface area contributed by atoms with Crippen molar-refractivity contribution in [2.24, 2.45) is 0 Å². The highest BCUT2D eigenvalue weighted by molar-refractivity contribution is 6.32. The second kappa shape index (κ2) is 10.2. The molecule has 0 unspecified atom stereocenters. The molecular weight excluding hydrogens is 447 g/mol. The number of carbonyl (C=O) groups is 2. The average molecular weight is 462 g/mol. The topological polar surface area (TPSA) is 105 Å². The van der Waals surface area contributed by atoms with Crippen molar-refractivity contribution in [3.8, 4) is 11.5 Å². The highest BCUT2D eigenvalue weighted by atomic mass is 35.5. The summed E-state index contributed by atoms with van der Waals surface area (Å²) in [6, 6.07) is 5.58. The quantitative estimate of drug-likeness (QED) is 0.228. The molecule has 0 saturated heterocycles. The first-order valence-electron chi connectivity index (χ1n) is 8.62. The van der Waals surface area contributed by atoms with E-state index < -0.39 is 47.3 Å². The van der Waals surface area contributed by atoms with Crippen LogP contribution in [-0.2, 0) is 20.4 Å². The van der Waals surface area contributed by atoms with Gasteiger partial charge >= 0.3 is 12.1 Å². The third kappa shape index (κ3) is 6.66. The molecule has 166 valence electrons. The molecule has 0 bridgehead atoms. The van der Waals surface area contributed by atoms with Crippen molar-refractivity contribution < 1.29 is 41.9 Å². The molecule has 2 rings (SSSR count). The summed E-state index contributed by atoms with van der Waals surface area (Å²) in [4.78, 5) is 34.0. The van der Waals surface area contributed by atoms with Crippen molar-refractivity contribution in [3.63, 3.8) is 0 Å². The highest BCUT2D eigenvalue weighted by Crippen LogP contribution is 2.37. The summed E-state index contributed by atoms with van der Waals surface area (Å²) < 4.78 is 53.1. The van der Waals surface area contributed by atoms with Gasteiger partial charge in [0.1, 0.15) is 30.3 Å². The lowest BCUT2D eigenvalue weighted by Gasteiger charge is -2.12. The Hall–Kier alpha value is -3.18. The summed E-state index contributed by atoms with van der Waals surface area (Å²) in [7, 11) is 0. The van der Waals surface area contributed by atoms with Crippen LogP contribution in [0.2, 0.25) is 5.02 Å². The number of hydrogen-bond acceptors (Lipinski definition) is 7. The molecule has 0 atom stereocenters. The molecule has 0 spiro atoms. The van der Waals surface area contributed by atoms with Crippen molar-refractivity contribution in [2.45, 2.75) is 13.1 Å². The summed E-state index contributed by atoms with van der Waals surface area (Å²) in [5, 5.41) is 10.9. The Morgan fingerprint density at radius 2 is 1.84 bits per heavy atom. The van der Waals surface area contributed by atoms with Crippen LogP contribution < -0.4 is 4.74 Å². The molecule has 0 aromatic heterocycles. The smallest absolute Gasteiger partial charge is 0.416 e. The minimum absolute atomic E-state index is 0.0824. The Morgan fingerprint density at radius 3 is 2.42 bits per heavy atom. The molecule has 2 aromatic carbocycles. The number of benzene rings is 2. The van der Waals surface area contributed by atoms with E-state index in [1.807, 2.05) is 0 Å². The minimum Gasteiger partial charge on any atom is -0.464 e. The maximum Gasteiger partial charge on any atom is 0.416 e. The van der Waals surface area contributed by atoms with Crippen LogP contribution in [-0.4, -0.2) is 36.5 Å². The number of nitro groups is 1. The normalized spacial score (nSPS) is 11.1. The van der Waals surface area contributed by atoms with E-state index in [1.165, 1.54) is 0 Å². The lowest BCUT2D eigenvalue weighted by molar-refractivity contribution is -0.385. The lowest BCUT2D eigenvalue weighted by atomic mass is 10.1. The Morgan fingerprint density at radius 1 is 1.13 bits per heavy atom. The van der Waals surface area contributed by atoms with Crippen molar-refractivity contribution in [2.75, 3.05) is 19.8 Å². The molecule has 2 aromatic rings. The zero-order valence-electron chi connectivity index (χ0n) is 15.9. The van der Waals surface area contributed by atoms with Gasteiger partial charge in [0.05, 0.1) is 22.1 Å². The second-order valence-corrected chi connectivity index (χ2v) is 6.31. The van der Waals surface area contributed by atoms with Gasteiger partial charge in [0.15, 0.2) is 5.78 Å². The molecule has 0 aliphatic rings. The van der Waals surface area contributed by atoms with E-state index in [0.29, 0.717) is 6.07 Å². The third-order valence-corrected chi connectivity index (χ3v) is 4.01. The molecule has 8 nitrogen and oxygen atoms in total. The molecule has 0 fully saturated rings. The van der Waals surface area contributed by atoms with E-state index in [9.17, 15) is 32.9 Å². The largest absolute Gasteiger partial charge is 0.464 e. The van der Waals surface area contributed by atoms with Gasteiger partial charge in [-0.05, 0) is 37.3 Å². The van der Waals surface area contributed by atoms with E-state index in [4.69, 9.17) is 21.1 Å². The van der Waals surface area contributed by atoms with E-state index in [-0.39, 0.29) is 28.7 Å². The molecule has 0 radical (unpaired) electrons. The zero-order valence-corrected chi connectivity index (χ0v) is 16.7. The maximum absolute atomic E-state index is 12.7. The van der Waals surface area contributed by atoms with Crippen LogP contribution in [0.5, 0.6) is 11.5 Å². The summed E-state index contributed by atoms with van der Waals surface area (Å²) in [6.45, 7) is 0.531. The number of ketones is 1. The van der Waals surface area contributed by atoms with Crippen molar-refractivity contribution >= 4 is 29.0 Å². The summed E-state index contributed by atoms with van der Waals surface area (Å²) in [5.41, 5.74) is -1.91. The zero-order chi connectivity index (χ0) is 23.2. The van der Waals surface area contributed by atoms with Gasteiger partial charge in [-0.2, -0.15) is 13.2 Å². The molecule has 12 heteroatoms. The highest BCUT2D eigenvalue weighted by Gasteiger charge is 2.31. The van der Waals surface area contributed by atoms with Crippen molar-refractivity contribution in [1.82, 2.24) is 0 Å². The molecule has 0 saturated carbocycles. The second-order valence-electron chi connectivity index (χ2n) is 5.90. The van der Waals surface area contributed by atoms with Crippen LogP contribution >= 0.6 is 11.6 Å². The summed E-state index contributed by atoms with van der Waals surface area (Å²) in [5.74, 6) is -1.76. The predicted octanol–water partition coefficient (Wildman–Crippen LogP) is 4.82. The first-order valence-corrected chi connectivity index (χ1v) is 9.00.